The van der Waals surface area contributed by atoms with Crippen LogP contribution in [0.15, 0.2) is 22.7 Å². The molecule has 0 spiro atoms. The van der Waals surface area contributed by atoms with Crippen LogP contribution in [0.3, 0.4) is 0 Å². The molecule has 0 fully saturated rings. The minimum atomic E-state index is 0.0481. The monoisotopic (exact) mass is 326 g/mol. The first-order chi connectivity index (χ1) is 9.10. The standard InChI is InChI=1S/C15H23BrN2O/c1-3-5-9-18(10-6-4-2)15(19)13-8-7-12(16)11-14(13)17/h7-8,11H,3-6,9-10,17H2,1-2H3. The summed E-state index contributed by atoms with van der Waals surface area (Å²) in [6.45, 7) is 5.89. The van der Waals surface area contributed by atoms with Crippen LogP contribution in [0, 0.1) is 0 Å². The number of nitrogen functional groups attached to an aromatic ring is 1. The summed E-state index contributed by atoms with van der Waals surface area (Å²) < 4.78 is 0.898. The van der Waals surface area contributed by atoms with Crippen molar-refractivity contribution in [2.24, 2.45) is 0 Å². The molecule has 19 heavy (non-hydrogen) atoms. The molecule has 0 aromatic heterocycles. The SMILES string of the molecule is CCCCN(CCCC)C(=O)c1ccc(Br)cc1N. The molecule has 1 aromatic rings. The van der Waals surface area contributed by atoms with Crippen molar-refractivity contribution in [2.45, 2.75) is 39.5 Å². The van der Waals surface area contributed by atoms with E-state index in [1.165, 1.54) is 0 Å². The molecule has 106 valence electrons. The van der Waals surface area contributed by atoms with Gasteiger partial charge in [0.15, 0.2) is 0 Å². The molecule has 0 saturated carbocycles. The van der Waals surface area contributed by atoms with E-state index in [-0.39, 0.29) is 5.91 Å². The third kappa shape index (κ3) is 4.86. The number of carbonyl (C=O) groups excluding carboxylic acids is 1. The lowest BCUT2D eigenvalue weighted by Crippen LogP contribution is -2.33. The van der Waals surface area contributed by atoms with Crippen molar-refractivity contribution in [1.82, 2.24) is 4.90 Å². The summed E-state index contributed by atoms with van der Waals surface area (Å²) in [7, 11) is 0. The molecular weight excluding hydrogens is 304 g/mol. The molecule has 4 heteroatoms. The minimum Gasteiger partial charge on any atom is -0.398 e. The van der Waals surface area contributed by atoms with E-state index in [2.05, 4.69) is 29.8 Å². The normalized spacial score (nSPS) is 10.5. The molecule has 0 aliphatic carbocycles. The van der Waals surface area contributed by atoms with E-state index in [4.69, 9.17) is 5.73 Å². The Morgan fingerprint density at radius 3 is 2.26 bits per heavy atom. The van der Waals surface area contributed by atoms with E-state index in [0.717, 1.165) is 43.2 Å². The highest BCUT2D eigenvalue weighted by molar-refractivity contribution is 9.10. The van der Waals surface area contributed by atoms with Crippen LogP contribution in [-0.4, -0.2) is 23.9 Å². The van der Waals surface area contributed by atoms with Crippen molar-refractivity contribution in [3.63, 3.8) is 0 Å². The smallest absolute Gasteiger partial charge is 0.255 e. The number of unbranched alkanes of at least 4 members (excludes halogenated alkanes) is 2. The van der Waals surface area contributed by atoms with Crippen molar-refractivity contribution in [2.75, 3.05) is 18.8 Å². The molecule has 0 bridgehead atoms. The van der Waals surface area contributed by atoms with E-state index in [0.29, 0.717) is 11.3 Å². The first kappa shape index (κ1) is 16.0. The fourth-order valence-electron chi connectivity index (χ4n) is 1.91. The Kier molecular flexibility index (Phi) is 6.92. The van der Waals surface area contributed by atoms with Crippen molar-refractivity contribution >= 4 is 27.5 Å². The second kappa shape index (κ2) is 8.20. The van der Waals surface area contributed by atoms with Gasteiger partial charge >= 0.3 is 0 Å². The van der Waals surface area contributed by atoms with Gasteiger partial charge in [-0.05, 0) is 31.0 Å². The van der Waals surface area contributed by atoms with Gasteiger partial charge in [0.2, 0.25) is 0 Å². The number of nitrogens with zero attached hydrogens (tertiary/aromatic N) is 1. The Morgan fingerprint density at radius 1 is 1.21 bits per heavy atom. The maximum Gasteiger partial charge on any atom is 0.255 e. The lowest BCUT2D eigenvalue weighted by molar-refractivity contribution is 0.0752. The average molecular weight is 327 g/mol. The number of hydrogen-bond donors (Lipinski definition) is 1. The van der Waals surface area contributed by atoms with E-state index < -0.39 is 0 Å². The summed E-state index contributed by atoms with van der Waals surface area (Å²) in [4.78, 5) is 14.4. The van der Waals surface area contributed by atoms with Crippen LogP contribution < -0.4 is 5.73 Å². The van der Waals surface area contributed by atoms with Gasteiger partial charge in [-0.25, -0.2) is 0 Å². The molecule has 0 aliphatic heterocycles. The van der Waals surface area contributed by atoms with Gasteiger partial charge in [0, 0.05) is 23.2 Å². The number of halogens is 1. The molecular formula is C15H23BrN2O. The van der Waals surface area contributed by atoms with Gasteiger partial charge in [-0.2, -0.15) is 0 Å². The largest absolute Gasteiger partial charge is 0.398 e. The summed E-state index contributed by atoms with van der Waals surface area (Å²) in [5.41, 5.74) is 7.09. The number of anilines is 1. The number of nitrogens with two attached hydrogens (primary N) is 1. The molecule has 0 heterocycles. The molecule has 0 radical (unpaired) electrons. The van der Waals surface area contributed by atoms with Crippen molar-refractivity contribution in [1.29, 1.82) is 0 Å². The maximum absolute atomic E-state index is 12.5. The van der Waals surface area contributed by atoms with Crippen LogP contribution in [0.2, 0.25) is 0 Å². The van der Waals surface area contributed by atoms with Crippen LogP contribution in [0.25, 0.3) is 0 Å². The van der Waals surface area contributed by atoms with Crippen LogP contribution in [0.4, 0.5) is 5.69 Å². The predicted octanol–water partition coefficient (Wildman–Crippen LogP) is 4.07. The second-order valence-corrected chi connectivity index (χ2v) is 5.65. The van der Waals surface area contributed by atoms with E-state index in [9.17, 15) is 4.79 Å². The molecule has 1 aromatic carbocycles. The van der Waals surface area contributed by atoms with Crippen LogP contribution in [0.5, 0.6) is 0 Å². The zero-order chi connectivity index (χ0) is 14.3. The van der Waals surface area contributed by atoms with Crippen LogP contribution in [0.1, 0.15) is 49.9 Å². The minimum absolute atomic E-state index is 0.0481. The van der Waals surface area contributed by atoms with Gasteiger partial charge in [-0.1, -0.05) is 42.6 Å². The summed E-state index contributed by atoms with van der Waals surface area (Å²) in [6.07, 6.45) is 4.25. The molecule has 0 unspecified atom stereocenters. The number of carbonyl (C=O) groups is 1. The Balaban J connectivity index is 2.84. The maximum atomic E-state index is 12.5. The Hall–Kier alpha value is -1.03. The molecule has 3 nitrogen and oxygen atoms in total. The molecule has 2 N–H and O–H groups in total. The van der Waals surface area contributed by atoms with Gasteiger partial charge < -0.3 is 10.6 Å². The van der Waals surface area contributed by atoms with Gasteiger partial charge in [-0.15, -0.1) is 0 Å². The highest BCUT2D eigenvalue weighted by atomic mass is 79.9. The van der Waals surface area contributed by atoms with Gasteiger partial charge in [0.05, 0.1) is 5.56 Å². The highest BCUT2D eigenvalue weighted by Gasteiger charge is 2.17. The van der Waals surface area contributed by atoms with Crippen molar-refractivity contribution in [3.8, 4) is 0 Å². The Morgan fingerprint density at radius 2 is 1.79 bits per heavy atom. The first-order valence-corrected chi connectivity index (χ1v) is 7.73. The third-order valence-corrected chi connectivity index (χ3v) is 3.59. The number of benzene rings is 1. The zero-order valence-corrected chi connectivity index (χ0v) is 13.4. The molecule has 0 atom stereocenters. The molecule has 1 amide bonds. The van der Waals surface area contributed by atoms with Gasteiger partial charge in [-0.3, -0.25) is 4.79 Å². The van der Waals surface area contributed by atoms with Gasteiger partial charge in [0.25, 0.3) is 5.91 Å². The van der Waals surface area contributed by atoms with Gasteiger partial charge in [0.1, 0.15) is 0 Å². The fourth-order valence-corrected chi connectivity index (χ4v) is 2.29. The number of hydrogen-bond acceptors (Lipinski definition) is 2. The van der Waals surface area contributed by atoms with E-state index in [1.54, 1.807) is 12.1 Å². The van der Waals surface area contributed by atoms with Crippen molar-refractivity contribution < 1.29 is 4.79 Å². The topological polar surface area (TPSA) is 46.3 Å². The molecule has 1 rings (SSSR count). The van der Waals surface area contributed by atoms with Crippen LogP contribution in [-0.2, 0) is 0 Å². The summed E-state index contributed by atoms with van der Waals surface area (Å²) in [5.74, 6) is 0.0481. The first-order valence-electron chi connectivity index (χ1n) is 6.94. The van der Waals surface area contributed by atoms with E-state index >= 15 is 0 Å². The lowest BCUT2D eigenvalue weighted by atomic mass is 10.1. The summed E-state index contributed by atoms with van der Waals surface area (Å²) >= 11 is 3.36. The second-order valence-electron chi connectivity index (χ2n) is 4.73. The highest BCUT2D eigenvalue weighted by Crippen LogP contribution is 2.20. The zero-order valence-electron chi connectivity index (χ0n) is 11.8. The molecule has 0 saturated heterocycles. The van der Waals surface area contributed by atoms with E-state index in [1.807, 2.05) is 11.0 Å². The quantitative estimate of drug-likeness (QED) is 0.767. The predicted molar refractivity (Wildman–Crippen MR) is 84.3 cm³/mol. The summed E-state index contributed by atoms with van der Waals surface area (Å²) in [6, 6.07) is 5.44. The fraction of sp³-hybridized carbons (Fsp3) is 0.533. The summed E-state index contributed by atoms with van der Waals surface area (Å²) in [5, 5.41) is 0. The Bertz CT molecular complexity index is 413. The lowest BCUT2D eigenvalue weighted by Gasteiger charge is -2.23. The van der Waals surface area contributed by atoms with Crippen LogP contribution >= 0.6 is 15.9 Å². The molecule has 0 aliphatic rings. The third-order valence-electron chi connectivity index (χ3n) is 3.09. The average Bonchev–Trinajstić information content (AvgIpc) is 2.38. The number of amides is 1. The van der Waals surface area contributed by atoms with Crippen molar-refractivity contribution in [3.05, 3.63) is 28.2 Å². The number of rotatable bonds is 7. The Labute approximate surface area is 124 Å².